The number of benzene rings is 2. The number of rotatable bonds is 7. The molecule has 1 unspecified atom stereocenters. The van der Waals surface area contributed by atoms with Crippen LogP contribution in [-0.4, -0.2) is 36.4 Å². The second kappa shape index (κ2) is 9.38. The van der Waals surface area contributed by atoms with Crippen LogP contribution >= 0.6 is 15.9 Å². The molecule has 26 heavy (non-hydrogen) atoms. The number of halogens is 1. The van der Waals surface area contributed by atoms with Crippen molar-refractivity contribution in [1.29, 1.82) is 0 Å². The topological polar surface area (TPSA) is 58.6 Å². The van der Waals surface area contributed by atoms with Gasteiger partial charge in [0.2, 0.25) is 5.91 Å². The lowest BCUT2D eigenvalue weighted by atomic mass is 10.1. The van der Waals surface area contributed by atoms with E-state index < -0.39 is 6.04 Å². The monoisotopic (exact) mass is 418 g/mol. The van der Waals surface area contributed by atoms with E-state index in [1.807, 2.05) is 49.4 Å². The van der Waals surface area contributed by atoms with Gasteiger partial charge in [0.1, 0.15) is 11.8 Å². The zero-order valence-electron chi connectivity index (χ0n) is 15.2. The van der Waals surface area contributed by atoms with Crippen LogP contribution in [0.4, 0.5) is 0 Å². The fourth-order valence-corrected chi connectivity index (χ4v) is 3.00. The third kappa shape index (κ3) is 5.59. The molecule has 5 nitrogen and oxygen atoms in total. The Morgan fingerprint density at radius 1 is 1.19 bits per heavy atom. The molecule has 0 aromatic heterocycles. The number of amides is 2. The molecule has 2 aromatic rings. The summed E-state index contributed by atoms with van der Waals surface area (Å²) in [6.07, 6.45) is 0. The number of nitrogens with one attached hydrogen (secondary N) is 1. The molecule has 0 aliphatic carbocycles. The van der Waals surface area contributed by atoms with Crippen LogP contribution in [0.15, 0.2) is 53.0 Å². The number of ether oxygens (including phenoxy) is 1. The Balaban J connectivity index is 2.13. The molecular weight excluding hydrogens is 396 g/mol. The first-order chi connectivity index (χ1) is 12.4. The minimum absolute atomic E-state index is 0.126. The molecule has 1 N–H and O–H groups in total. The van der Waals surface area contributed by atoms with Crippen LogP contribution in [0.2, 0.25) is 0 Å². The van der Waals surface area contributed by atoms with Crippen LogP contribution in [0, 0.1) is 6.92 Å². The van der Waals surface area contributed by atoms with Gasteiger partial charge in [-0.3, -0.25) is 9.59 Å². The van der Waals surface area contributed by atoms with Crippen molar-refractivity contribution in [2.75, 3.05) is 13.7 Å². The van der Waals surface area contributed by atoms with Gasteiger partial charge in [0.15, 0.2) is 6.61 Å². The van der Waals surface area contributed by atoms with E-state index in [1.54, 1.807) is 20.0 Å². The van der Waals surface area contributed by atoms with Crippen molar-refractivity contribution in [3.05, 3.63) is 64.1 Å². The number of nitrogens with zero attached hydrogens (tertiary/aromatic N) is 1. The SMILES string of the molecule is CNC(=O)C(C)N(Cc1cccc(Br)c1)C(=O)COc1cccc(C)c1. The second-order valence-electron chi connectivity index (χ2n) is 6.05. The van der Waals surface area contributed by atoms with E-state index in [-0.39, 0.29) is 18.4 Å². The lowest BCUT2D eigenvalue weighted by Gasteiger charge is -2.28. The van der Waals surface area contributed by atoms with Gasteiger partial charge in [0.25, 0.3) is 5.91 Å². The lowest BCUT2D eigenvalue weighted by molar-refractivity contribution is -0.142. The van der Waals surface area contributed by atoms with Crippen LogP contribution < -0.4 is 10.1 Å². The van der Waals surface area contributed by atoms with Crippen molar-refractivity contribution in [1.82, 2.24) is 10.2 Å². The first-order valence-corrected chi connectivity index (χ1v) is 9.15. The molecule has 2 rings (SSSR count). The van der Waals surface area contributed by atoms with Gasteiger partial charge in [0, 0.05) is 18.1 Å². The maximum Gasteiger partial charge on any atom is 0.261 e. The van der Waals surface area contributed by atoms with E-state index in [0.29, 0.717) is 12.3 Å². The van der Waals surface area contributed by atoms with Crippen LogP contribution in [0.3, 0.4) is 0 Å². The Bertz CT molecular complexity index is 779. The van der Waals surface area contributed by atoms with Crippen LogP contribution in [0.5, 0.6) is 5.75 Å². The van der Waals surface area contributed by atoms with Crippen molar-refractivity contribution in [3.63, 3.8) is 0 Å². The van der Waals surface area contributed by atoms with E-state index >= 15 is 0 Å². The zero-order chi connectivity index (χ0) is 19.1. The Morgan fingerprint density at radius 2 is 1.92 bits per heavy atom. The Labute approximate surface area is 162 Å². The number of carbonyl (C=O) groups excluding carboxylic acids is 2. The molecule has 0 fully saturated rings. The molecule has 0 aliphatic heterocycles. The number of carbonyl (C=O) groups is 2. The summed E-state index contributed by atoms with van der Waals surface area (Å²) in [5, 5.41) is 2.60. The number of hydrogen-bond acceptors (Lipinski definition) is 3. The first-order valence-electron chi connectivity index (χ1n) is 8.35. The summed E-state index contributed by atoms with van der Waals surface area (Å²) in [5.41, 5.74) is 1.98. The first kappa shape index (κ1) is 20.0. The quantitative estimate of drug-likeness (QED) is 0.750. The normalized spacial score (nSPS) is 11.5. The van der Waals surface area contributed by atoms with Gasteiger partial charge in [-0.2, -0.15) is 0 Å². The third-order valence-corrected chi connectivity index (χ3v) is 4.50. The molecule has 0 saturated heterocycles. The molecule has 0 aliphatic rings. The minimum Gasteiger partial charge on any atom is -0.484 e. The molecule has 2 aromatic carbocycles. The van der Waals surface area contributed by atoms with Crippen molar-refractivity contribution >= 4 is 27.7 Å². The summed E-state index contributed by atoms with van der Waals surface area (Å²) in [5.74, 6) is 0.167. The number of likely N-dealkylation sites (N-methyl/N-ethyl adjacent to an activating group) is 1. The minimum atomic E-state index is -0.604. The van der Waals surface area contributed by atoms with E-state index in [4.69, 9.17) is 4.74 Å². The predicted molar refractivity (Wildman–Crippen MR) is 105 cm³/mol. The van der Waals surface area contributed by atoms with Crippen molar-refractivity contribution in [3.8, 4) is 5.75 Å². The van der Waals surface area contributed by atoms with E-state index in [1.165, 1.54) is 4.90 Å². The largest absolute Gasteiger partial charge is 0.484 e. The molecule has 0 saturated carbocycles. The molecule has 0 spiro atoms. The Hall–Kier alpha value is -2.34. The number of hydrogen-bond donors (Lipinski definition) is 1. The smallest absolute Gasteiger partial charge is 0.261 e. The molecule has 0 radical (unpaired) electrons. The Morgan fingerprint density at radius 3 is 2.58 bits per heavy atom. The van der Waals surface area contributed by atoms with Crippen LogP contribution in [0.25, 0.3) is 0 Å². The Kier molecular flexibility index (Phi) is 7.21. The fourth-order valence-electron chi connectivity index (χ4n) is 2.56. The average Bonchev–Trinajstić information content (AvgIpc) is 2.63. The van der Waals surface area contributed by atoms with Gasteiger partial charge in [-0.1, -0.05) is 40.2 Å². The summed E-state index contributed by atoms with van der Waals surface area (Å²) in [4.78, 5) is 26.4. The van der Waals surface area contributed by atoms with Crippen molar-refractivity contribution in [2.24, 2.45) is 0 Å². The molecular formula is C20H23BrN2O3. The van der Waals surface area contributed by atoms with Crippen LogP contribution in [0.1, 0.15) is 18.1 Å². The van der Waals surface area contributed by atoms with Gasteiger partial charge in [-0.05, 0) is 49.2 Å². The predicted octanol–water partition coefficient (Wildman–Crippen LogP) is 3.30. The molecule has 2 amide bonds. The van der Waals surface area contributed by atoms with Crippen molar-refractivity contribution in [2.45, 2.75) is 26.4 Å². The van der Waals surface area contributed by atoms with Gasteiger partial charge in [0.05, 0.1) is 0 Å². The van der Waals surface area contributed by atoms with Gasteiger partial charge in [-0.15, -0.1) is 0 Å². The summed E-state index contributed by atoms with van der Waals surface area (Å²) >= 11 is 3.43. The maximum absolute atomic E-state index is 12.8. The molecule has 1 atom stereocenters. The van der Waals surface area contributed by atoms with E-state index in [0.717, 1.165) is 15.6 Å². The number of aryl methyl sites for hydroxylation is 1. The standard InChI is InChI=1S/C20H23BrN2O3/c1-14-6-4-9-18(10-14)26-13-19(24)23(15(2)20(25)22-3)12-16-7-5-8-17(21)11-16/h4-11,15H,12-13H2,1-3H3,(H,22,25). The molecule has 6 heteroatoms. The maximum atomic E-state index is 12.8. The van der Waals surface area contributed by atoms with Gasteiger partial charge >= 0.3 is 0 Å². The highest BCUT2D eigenvalue weighted by Crippen LogP contribution is 2.16. The lowest BCUT2D eigenvalue weighted by Crippen LogP contribution is -2.48. The highest BCUT2D eigenvalue weighted by molar-refractivity contribution is 9.10. The fraction of sp³-hybridized carbons (Fsp3) is 0.300. The van der Waals surface area contributed by atoms with Crippen molar-refractivity contribution < 1.29 is 14.3 Å². The summed E-state index contributed by atoms with van der Waals surface area (Å²) in [6, 6.07) is 14.6. The highest BCUT2D eigenvalue weighted by Gasteiger charge is 2.25. The van der Waals surface area contributed by atoms with Gasteiger partial charge in [-0.25, -0.2) is 0 Å². The molecule has 138 valence electrons. The second-order valence-corrected chi connectivity index (χ2v) is 6.96. The van der Waals surface area contributed by atoms with Gasteiger partial charge < -0.3 is 15.0 Å². The molecule has 0 bridgehead atoms. The molecule has 0 heterocycles. The highest BCUT2D eigenvalue weighted by atomic mass is 79.9. The van der Waals surface area contributed by atoms with E-state index in [9.17, 15) is 9.59 Å². The third-order valence-electron chi connectivity index (χ3n) is 4.01. The van der Waals surface area contributed by atoms with Crippen LogP contribution in [-0.2, 0) is 16.1 Å². The zero-order valence-corrected chi connectivity index (χ0v) is 16.7. The summed E-state index contributed by atoms with van der Waals surface area (Å²) in [7, 11) is 1.56. The summed E-state index contributed by atoms with van der Waals surface area (Å²) < 4.78 is 6.54. The average molecular weight is 419 g/mol. The summed E-state index contributed by atoms with van der Waals surface area (Å²) in [6.45, 7) is 3.87. The van der Waals surface area contributed by atoms with E-state index in [2.05, 4.69) is 21.2 Å².